The molecule has 0 bridgehead atoms. The number of benzene rings is 2. The van der Waals surface area contributed by atoms with Crippen molar-refractivity contribution in [2.45, 2.75) is 51.4 Å². The van der Waals surface area contributed by atoms with Gasteiger partial charge in [-0.05, 0) is 49.6 Å². The van der Waals surface area contributed by atoms with E-state index in [1.54, 1.807) is 39.0 Å². The molecule has 1 aliphatic carbocycles. The van der Waals surface area contributed by atoms with E-state index in [9.17, 15) is 14.4 Å². The quantitative estimate of drug-likeness (QED) is 0.679. The number of rotatable bonds is 5. The van der Waals surface area contributed by atoms with Crippen molar-refractivity contribution in [2.24, 2.45) is 5.73 Å². The van der Waals surface area contributed by atoms with Gasteiger partial charge in [-0.25, -0.2) is 9.59 Å². The molecule has 0 radical (unpaired) electrons. The van der Waals surface area contributed by atoms with Gasteiger partial charge in [-0.2, -0.15) is 0 Å². The molecule has 0 saturated carbocycles. The summed E-state index contributed by atoms with van der Waals surface area (Å²) in [5, 5.41) is 5.33. The molecule has 8 nitrogen and oxygen atoms in total. The van der Waals surface area contributed by atoms with Crippen molar-refractivity contribution in [2.75, 3.05) is 5.32 Å². The Kier molecular flexibility index (Phi) is 6.19. The van der Waals surface area contributed by atoms with E-state index in [0.29, 0.717) is 5.69 Å². The van der Waals surface area contributed by atoms with Gasteiger partial charge in [-0.3, -0.25) is 10.1 Å². The minimum Gasteiger partial charge on any atom is -0.445 e. The topological polar surface area (TPSA) is 120 Å². The van der Waals surface area contributed by atoms with Gasteiger partial charge >= 0.3 is 12.2 Å². The third-order valence-electron chi connectivity index (χ3n) is 4.86. The van der Waals surface area contributed by atoms with Crippen LogP contribution in [-0.4, -0.2) is 29.2 Å². The zero-order valence-corrected chi connectivity index (χ0v) is 17.9. The number of amides is 3. The van der Waals surface area contributed by atoms with Crippen LogP contribution in [0.5, 0.6) is 0 Å². The second-order valence-corrected chi connectivity index (χ2v) is 8.60. The number of nitrogens with one attached hydrogen (secondary N) is 2. The van der Waals surface area contributed by atoms with Crippen LogP contribution in [0.3, 0.4) is 0 Å². The summed E-state index contributed by atoms with van der Waals surface area (Å²) in [7, 11) is 0. The monoisotopic (exact) mass is 425 g/mol. The maximum atomic E-state index is 12.4. The smallest absolute Gasteiger partial charge is 0.412 e. The van der Waals surface area contributed by atoms with Gasteiger partial charge in [0.25, 0.3) is 0 Å². The van der Waals surface area contributed by atoms with Crippen LogP contribution in [0.1, 0.15) is 37.5 Å². The molecule has 1 aliphatic rings. The number of hydrogen-bond acceptors (Lipinski definition) is 5. The molecule has 164 valence electrons. The molecular formula is C23H27N3O5. The molecule has 2 aromatic carbocycles. The Bertz CT molecular complexity index is 984. The summed E-state index contributed by atoms with van der Waals surface area (Å²) < 4.78 is 10.5. The number of nitrogens with two attached hydrogens (primary N) is 1. The highest BCUT2D eigenvalue weighted by Gasteiger charge is 2.44. The summed E-state index contributed by atoms with van der Waals surface area (Å²) in [6.07, 6.45) is -0.857. The summed E-state index contributed by atoms with van der Waals surface area (Å²) in [4.78, 5) is 36.7. The van der Waals surface area contributed by atoms with E-state index in [4.69, 9.17) is 15.2 Å². The Hall–Kier alpha value is -3.55. The van der Waals surface area contributed by atoms with E-state index in [-0.39, 0.29) is 19.4 Å². The molecular weight excluding hydrogens is 398 g/mol. The molecule has 0 fully saturated rings. The molecule has 0 saturated heterocycles. The molecule has 2 aromatic rings. The number of carbonyl (C=O) groups is 3. The number of primary amides is 1. The number of ether oxygens (including phenoxy) is 2. The third-order valence-corrected chi connectivity index (χ3v) is 4.86. The maximum Gasteiger partial charge on any atom is 0.412 e. The van der Waals surface area contributed by atoms with Gasteiger partial charge in [0.2, 0.25) is 5.91 Å². The third kappa shape index (κ3) is 5.75. The fourth-order valence-electron chi connectivity index (χ4n) is 3.45. The SMILES string of the molecule is CC(C)(C)OC(=O)Nc1ccc2c(c1)CC(NC(=O)OCc1ccccc1)(C(N)=O)C2. The zero-order chi connectivity index (χ0) is 22.6. The molecule has 4 N–H and O–H groups in total. The fraction of sp³-hybridized carbons (Fsp3) is 0.348. The van der Waals surface area contributed by atoms with E-state index >= 15 is 0 Å². The fourth-order valence-corrected chi connectivity index (χ4v) is 3.45. The largest absolute Gasteiger partial charge is 0.445 e. The minimum absolute atomic E-state index is 0.0818. The Balaban J connectivity index is 1.67. The van der Waals surface area contributed by atoms with Gasteiger partial charge in [-0.1, -0.05) is 36.4 Å². The van der Waals surface area contributed by atoms with Crippen molar-refractivity contribution in [3.8, 4) is 0 Å². The molecule has 1 unspecified atom stereocenters. The molecule has 1 atom stereocenters. The second-order valence-electron chi connectivity index (χ2n) is 8.60. The van der Waals surface area contributed by atoms with Crippen LogP contribution in [0.15, 0.2) is 48.5 Å². The molecule has 3 rings (SSSR count). The predicted octanol–water partition coefficient (Wildman–Crippen LogP) is 3.28. The van der Waals surface area contributed by atoms with Gasteiger partial charge in [-0.15, -0.1) is 0 Å². The Morgan fingerprint density at radius 3 is 2.32 bits per heavy atom. The van der Waals surface area contributed by atoms with Crippen molar-refractivity contribution in [1.29, 1.82) is 0 Å². The summed E-state index contributed by atoms with van der Waals surface area (Å²) in [6.45, 7) is 5.41. The highest BCUT2D eigenvalue weighted by atomic mass is 16.6. The first kappa shape index (κ1) is 22.1. The zero-order valence-electron chi connectivity index (χ0n) is 17.9. The molecule has 3 amide bonds. The minimum atomic E-state index is -1.29. The average molecular weight is 425 g/mol. The summed E-state index contributed by atoms with van der Waals surface area (Å²) in [6, 6.07) is 14.5. The lowest BCUT2D eigenvalue weighted by molar-refractivity contribution is -0.124. The van der Waals surface area contributed by atoms with Gasteiger partial charge in [0, 0.05) is 18.5 Å². The Labute approximate surface area is 181 Å². The predicted molar refractivity (Wildman–Crippen MR) is 115 cm³/mol. The van der Waals surface area contributed by atoms with Gasteiger partial charge in [0.15, 0.2) is 0 Å². The van der Waals surface area contributed by atoms with Crippen LogP contribution >= 0.6 is 0 Å². The number of alkyl carbamates (subject to hydrolysis) is 1. The van der Waals surface area contributed by atoms with E-state index in [2.05, 4.69) is 10.6 Å². The molecule has 31 heavy (non-hydrogen) atoms. The average Bonchev–Trinajstić information content (AvgIpc) is 3.04. The Morgan fingerprint density at radius 1 is 1.00 bits per heavy atom. The molecule has 0 spiro atoms. The van der Waals surface area contributed by atoms with E-state index in [1.165, 1.54) is 0 Å². The first-order valence-electron chi connectivity index (χ1n) is 9.97. The first-order valence-corrected chi connectivity index (χ1v) is 9.97. The number of fused-ring (bicyclic) bond motifs is 1. The molecule has 0 heterocycles. The van der Waals surface area contributed by atoms with Gasteiger partial charge in [0.05, 0.1) is 0 Å². The lowest BCUT2D eigenvalue weighted by atomic mass is 9.95. The molecule has 0 aliphatic heterocycles. The van der Waals surface area contributed by atoms with E-state index in [1.807, 2.05) is 30.3 Å². The van der Waals surface area contributed by atoms with Crippen LogP contribution in [0.25, 0.3) is 0 Å². The standard InChI is InChI=1S/C23H27N3O5/c1-22(2,3)31-20(28)25-18-10-9-16-12-23(19(24)27,13-17(16)11-18)26-21(29)30-14-15-7-5-4-6-8-15/h4-11H,12-14H2,1-3H3,(H2,24,27)(H,25,28)(H,26,29). The van der Waals surface area contributed by atoms with Gasteiger partial charge < -0.3 is 20.5 Å². The number of carbonyl (C=O) groups excluding carboxylic acids is 3. The van der Waals surface area contributed by atoms with Crippen LogP contribution < -0.4 is 16.4 Å². The maximum absolute atomic E-state index is 12.4. The highest BCUT2D eigenvalue weighted by Crippen LogP contribution is 2.32. The van der Waals surface area contributed by atoms with Crippen LogP contribution in [-0.2, 0) is 33.7 Å². The second kappa shape index (κ2) is 8.67. The number of hydrogen-bond donors (Lipinski definition) is 3. The van der Waals surface area contributed by atoms with E-state index < -0.39 is 29.2 Å². The van der Waals surface area contributed by atoms with Crippen LogP contribution in [0.4, 0.5) is 15.3 Å². The molecule has 8 heteroatoms. The van der Waals surface area contributed by atoms with Crippen LogP contribution in [0, 0.1) is 0 Å². The summed E-state index contributed by atoms with van der Waals surface area (Å²) in [5.74, 6) is -0.651. The van der Waals surface area contributed by atoms with Gasteiger partial charge in [0.1, 0.15) is 17.7 Å². The van der Waals surface area contributed by atoms with E-state index in [0.717, 1.165) is 16.7 Å². The summed E-state index contributed by atoms with van der Waals surface area (Å²) in [5.41, 5.74) is 6.77. The van der Waals surface area contributed by atoms with Crippen molar-refractivity contribution in [1.82, 2.24) is 5.32 Å². The van der Waals surface area contributed by atoms with Crippen molar-refractivity contribution in [3.63, 3.8) is 0 Å². The normalized spacial score (nSPS) is 17.4. The Morgan fingerprint density at radius 2 is 1.68 bits per heavy atom. The lowest BCUT2D eigenvalue weighted by Gasteiger charge is -2.26. The summed E-state index contributed by atoms with van der Waals surface area (Å²) >= 11 is 0. The van der Waals surface area contributed by atoms with Crippen molar-refractivity contribution >= 4 is 23.8 Å². The first-order chi connectivity index (χ1) is 14.6. The van der Waals surface area contributed by atoms with Crippen LogP contribution in [0.2, 0.25) is 0 Å². The molecule has 0 aromatic heterocycles. The van der Waals surface area contributed by atoms with Crippen molar-refractivity contribution < 1.29 is 23.9 Å². The lowest BCUT2D eigenvalue weighted by Crippen LogP contribution is -2.58. The number of anilines is 1. The van der Waals surface area contributed by atoms with Crippen molar-refractivity contribution in [3.05, 3.63) is 65.2 Å². The highest BCUT2D eigenvalue weighted by molar-refractivity contribution is 5.91.